The van der Waals surface area contributed by atoms with Crippen molar-refractivity contribution in [2.45, 2.75) is 20.3 Å². The minimum atomic E-state index is 0.633. The lowest BCUT2D eigenvalue weighted by atomic mass is 10.0. The van der Waals surface area contributed by atoms with Crippen molar-refractivity contribution in [3.63, 3.8) is 0 Å². The summed E-state index contributed by atoms with van der Waals surface area (Å²) in [5.41, 5.74) is 3.51. The lowest BCUT2D eigenvalue weighted by molar-refractivity contribution is 1.23. The molecule has 0 heterocycles. The zero-order valence-corrected chi connectivity index (χ0v) is 9.50. The number of halogens is 1. The van der Waals surface area contributed by atoms with E-state index in [-0.39, 0.29) is 0 Å². The van der Waals surface area contributed by atoms with Crippen molar-refractivity contribution < 1.29 is 0 Å². The van der Waals surface area contributed by atoms with Gasteiger partial charge in [0, 0.05) is 29.0 Å². The maximum absolute atomic E-state index is 7.81. The number of hydrogen-bond acceptors (Lipinski definition) is 2. The predicted octanol–water partition coefficient (Wildman–Crippen LogP) is 3.47. The van der Waals surface area contributed by atoms with Crippen LogP contribution >= 0.6 is 11.6 Å². The van der Waals surface area contributed by atoms with Crippen molar-refractivity contribution in [2.24, 2.45) is 0 Å². The van der Waals surface area contributed by atoms with Gasteiger partial charge < -0.3 is 10.7 Å². The van der Waals surface area contributed by atoms with E-state index >= 15 is 0 Å². The Bertz CT molecular complexity index is 359. The van der Waals surface area contributed by atoms with Crippen LogP contribution in [-0.4, -0.2) is 12.8 Å². The molecule has 0 saturated heterocycles. The number of hydrogen-bond donors (Lipinski definition) is 2. The Labute approximate surface area is 89.8 Å². The van der Waals surface area contributed by atoms with Gasteiger partial charge >= 0.3 is 0 Å². The number of nitrogens with one attached hydrogen (secondary N) is 2. The summed E-state index contributed by atoms with van der Waals surface area (Å²) in [5, 5.41) is 11.6. The molecule has 0 atom stereocenters. The molecular weight excluding hydrogens is 196 g/mol. The van der Waals surface area contributed by atoms with Crippen molar-refractivity contribution >= 4 is 23.0 Å². The molecule has 3 heteroatoms. The second-order valence-corrected chi connectivity index (χ2v) is 3.64. The van der Waals surface area contributed by atoms with Crippen LogP contribution in [0.2, 0.25) is 5.02 Å². The summed E-state index contributed by atoms with van der Waals surface area (Å²) in [7, 11) is 1.84. The van der Waals surface area contributed by atoms with Gasteiger partial charge in [0.1, 0.15) is 0 Å². The fourth-order valence-corrected chi connectivity index (χ4v) is 1.49. The van der Waals surface area contributed by atoms with Gasteiger partial charge in [-0.25, -0.2) is 0 Å². The molecule has 0 aliphatic heterocycles. The first-order valence-corrected chi connectivity index (χ1v) is 5.03. The zero-order valence-electron chi connectivity index (χ0n) is 8.74. The van der Waals surface area contributed by atoms with Gasteiger partial charge in [-0.2, -0.15) is 0 Å². The molecule has 0 bridgehead atoms. The fraction of sp³-hybridized carbons (Fsp3) is 0.364. The molecule has 2 N–H and O–H groups in total. The average molecular weight is 211 g/mol. The minimum Gasteiger partial charge on any atom is -0.388 e. The average Bonchev–Trinajstić information content (AvgIpc) is 2.20. The highest BCUT2D eigenvalue weighted by atomic mass is 35.5. The van der Waals surface area contributed by atoms with Crippen molar-refractivity contribution in [2.75, 3.05) is 12.4 Å². The van der Waals surface area contributed by atoms with Crippen LogP contribution in [0.3, 0.4) is 0 Å². The molecular formula is C11H15ClN2. The van der Waals surface area contributed by atoms with Gasteiger partial charge in [0.05, 0.1) is 0 Å². The molecule has 1 aromatic rings. The molecule has 1 rings (SSSR count). The van der Waals surface area contributed by atoms with Crippen LogP contribution in [-0.2, 0) is 0 Å². The van der Waals surface area contributed by atoms with E-state index in [9.17, 15) is 0 Å². The van der Waals surface area contributed by atoms with E-state index in [1.807, 2.05) is 33.0 Å². The van der Waals surface area contributed by atoms with Crippen LogP contribution < -0.4 is 5.32 Å². The fourth-order valence-electron chi connectivity index (χ4n) is 1.33. The third kappa shape index (κ3) is 2.07. The highest BCUT2D eigenvalue weighted by Gasteiger charge is 2.08. The number of benzene rings is 1. The molecule has 0 amide bonds. The summed E-state index contributed by atoms with van der Waals surface area (Å²) in [6.45, 7) is 3.93. The maximum Gasteiger partial charge on any atom is 0.0456 e. The van der Waals surface area contributed by atoms with Gasteiger partial charge in [-0.3, -0.25) is 0 Å². The molecule has 1 aromatic carbocycles. The van der Waals surface area contributed by atoms with Crippen molar-refractivity contribution in [1.29, 1.82) is 5.41 Å². The molecule has 0 saturated carbocycles. The molecule has 0 radical (unpaired) electrons. The van der Waals surface area contributed by atoms with E-state index in [4.69, 9.17) is 17.0 Å². The summed E-state index contributed by atoms with van der Waals surface area (Å²) in [6, 6.07) is 3.83. The summed E-state index contributed by atoms with van der Waals surface area (Å²) < 4.78 is 0. The predicted molar refractivity (Wildman–Crippen MR) is 62.9 cm³/mol. The van der Waals surface area contributed by atoms with Gasteiger partial charge in [-0.05, 0) is 31.0 Å². The van der Waals surface area contributed by atoms with E-state index < -0.39 is 0 Å². The van der Waals surface area contributed by atoms with Crippen LogP contribution in [0.1, 0.15) is 24.5 Å². The molecule has 14 heavy (non-hydrogen) atoms. The first kappa shape index (κ1) is 11.1. The number of anilines is 1. The Hall–Kier alpha value is -1.02. The third-order valence-corrected chi connectivity index (χ3v) is 2.65. The Morgan fingerprint density at radius 2 is 2.14 bits per heavy atom. The minimum absolute atomic E-state index is 0.633. The third-order valence-electron chi connectivity index (χ3n) is 2.25. The quantitative estimate of drug-likeness (QED) is 0.737. The Morgan fingerprint density at radius 1 is 1.50 bits per heavy atom. The monoisotopic (exact) mass is 210 g/mol. The van der Waals surface area contributed by atoms with E-state index in [1.165, 1.54) is 0 Å². The normalized spacial score (nSPS) is 10.0. The standard InChI is InChI=1S/C11H15ClN2/c1-4-10(13)8-5-7(2)9(12)6-11(8)14-3/h5-6,13-14H,4H2,1-3H3. The molecule has 0 aromatic heterocycles. The second kappa shape index (κ2) is 4.47. The largest absolute Gasteiger partial charge is 0.388 e. The summed E-state index contributed by atoms with van der Waals surface area (Å²) >= 11 is 6.00. The smallest absolute Gasteiger partial charge is 0.0456 e. The topological polar surface area (TPSA) is 35.9 Å². The van der Waals surface area contributed by atoms with E-state index in [0.717, 1.165) is 28.3 Å². The molecule has 76 valence electrons. The highest BCUT2D eigenvalue weighted by Crippen LogP contribution is 2.25. The van der Waals surface area contributed by atoms with Crippen molar-refractivity contribution in [1.82, 2.24) is 0 Å². The summed E-state index contributed by atoms with van der Waals surface area (Å²) in [5.74, 6) is 0. The van der Waals surface area contributed by atoms with E-state index in [2.05, 4.69) is 5.32 Å². The molecule has 0 aliphatic carbocycles. The van der Waals surface area contributed by atoms with Gasteiger partial charge in [0.2, 0.25) is 0 Å². The van der Waals surface area contributed by atoms with Crippen molar-refractivity contribution in [3.8, 4) is 0 Å². The molecule has 0 aliphatic rings. The summed E-state index contributed by atoms with van der Waals surface area (Å²) in [6.07, 6.45) is 0.732. The summed E-state index contributed by atoms with van der Waals surface area (Å²) in [4.78, 5) is 0. The van der Waals surface area contributed by atoms with Gasteiger partial charge in [-0.1, -0.05) is 18.5 Å². The Balaban J connectivity index is 3.27. The second-order valence-electron chi connectivity index (χ2n) is 3.23. The maximum atomic E-state index is 7.81. The first-order valence-electron chi connectivity index (χ1n) is 4.65. The SMILES string of the molecule is CCC(=N)c1cc(C)c(Cl)cc1NC. The van der Waals surface area contributed by atoms with Crippen LogP contribution in [0, 0.1) is 12.3 Å². The van der Waals surface area contributed by atoms with Crippen LogP contribution in [0.25, 0.3) is 0 Å². The van der Waals surface area contributed by atoms with E-state index in [1.54, 1.807) is 0 Å². The molecule has 0 fully saturated rings. The zero-order chi connectivity index (χ0) is 10.7. The first-order chi connectivity index (χ1) is 6.60. The highest BCUT2D eigenvalue weighted by molar-refractivity contribution is 6.31. The lowest BCUT2D eigenvalue weighted by Crippen LogP contribution is -2.03. The number of rotatable bonds is 3. The van der Waals surface area contributed by atoms with E-state index in [0.29, 0.717) is 5.71 Å². The molecule has 2 nitrogen and oxygen atoms in total. The van der Waals surface area contributed by atoms with Crippen LogP contribution in [0.5, 0.6) is 0 Å². The molecule has 0 unspecified atom stereocenters. The lowest BCUT2D eigenvalue weighted by Gasteiger charge is -2.11. The van der Waals surface area contributed by atoms with Gasteiger partial charge in [0.25, 0.3) is 0 Å². The molecule has 0 spiro atoms. The van der Waals surface area contributed by atoms with Gasteiger partial charge in [-0.15, -0.1) is 0 Å². The van der Waals surface area contributed by atoms with Gasteiger partial charge in [0.15, 0.2) is 0 Å². The van der Waals surface area contributed by atoms with Crippen LogP contribution in [0.15, 0.2) is 12.1 Å². The Morgan fingerprint density at radius 3 is 2.64 bits per heavy atom. The number of aryl methyl sites for hydroxylation is 1. The van der Waals surface area contributed by atoms with Crippen molar-refractivity contribution in [3.05, 3.63) is 28.3 Å². The Kier molecular flexibility index (Phi) is 3.53. The van der Waals surface area contributed by atoms with Crippen LogP contribution in [0.4, 0.5) is 5.69 Å².